The Hall–Kier alpha value is 4.40. The molecule has 0 aliphatic rings. The molecule has 0 heterocycles. The maximum absolute atomic E-state index is 0. The third kappa shape index (κ3) is 17.8. The van der Waals surface area contributed by atoms with Gasteiger partial charge in [-0.25, -0.2) is 0 Å². The summed E-state index contributed by atoms with van der Waals surface area (Å²) >= 11 is 0. The Labute approximate surface area is 127 Å². The van der Waals surface area contributed by atoms with E-state index in [0.717, 1.165) is 0 Å². The van der Waals surface area contributed by atoms with Crippen molar-refractivity contribution >= 4 is 103 Å². The van der Waals surface area contributed by atoms with E-state index in [0.29, 0.717) is 0 Å². The van der Waals surface area contributed by atoms with Crippen LogP contribution in [0.15, 0.2) is 0 Å². The molecule has 0 amide bonds. The van der Waals surface area contributed by atoms with Crippen molar-refractivity contribution in [2.45, 2.75) is 0 Å². The molecular weight excluding hydrogens is 762 g/mol. The molecule has 18 valence electrons. The quantitative estimate of drug-likeness (QED) is 0.264. The zero-order chi connectivity index (χ0) is 0. The summed E-state index contributed by atoms with van der Waals surface area (Å²) in [5.41, 5.74) is 0. The number of hydrogen-bond donors (Lipinski definition) is 0. The Morgan fingerprint density at radius 1 is 1.00 bits per heavy atom. The molecule has 0 aliphatic heterocycles. The van der Waals surface area contributed by atoms with E-state index in [1.54, 1.807) is 0 Å². The van der Waals surface area contributed by atoms with Crippen LogP contribution in [0.1, 0.15) is 0 Å². The normalized spacial score (nSPS) is 0. The van der Waals surface area contributed by atoms with Crippen LogP contribution in [0.2, 0.25) is 0 Å². The Balaban J connectivity index is 0. The second-order valence-electron chi connectivity index (χ2n) is 0. The summed E-state index contributed by atoms with van der Waals surface area (Å²) in [6, 6.07) is 0. The molecule has 0 N–H and O–H groups in total. The van der Waals surface area contributed by atoms with Crippen LogP contribution in [0.3, 0.4) is 0 Å². The predicted octanol–water partition coefficient (Wildman–Crippen LogP) is -1.53. The topological polar surface area (TPSA) is 0 Å². The molecule has 0 unspecified atom stereocenters. The molecule has 0 atom stereocenters. The third-order valence-electron chi connectivity index (χ3n) is 0. The minimum Gasteiger partial charge on any atom is 0 e. The molecule has 0 saturated carbocycles. The van der Waals surface area contributed by atoms with E-state index in [4.69, 9.17) is 0 Å². The average molecular weight is 762 g/mol. The molecule has 0 aliphatic carbocycles. The molecule has 0 fully saturated rings. The van der Waals surface area contributed by atoms with Crippen molar-refractivity contribution in [2.24, 2.45) is 0 Å². The molecule has 14 radical (unpaired) electrons. The average Bonchev–Trinajstić information content (AvgIpc) is 0. The Morgan fingerprint density at radius 2 is 1.00 bits per heavy atom. The molecular formula is BiCdInPbSn. The van der Waals surface area contributed by atoms with Gasteiger partial charge in [-0.2, -0.15) is 0 Å². The molecule has 5 heteroatoms. The third-order valence-corrected chi connectivity index (χ3v) is 0. The SMILES string of the molecule is [Bi].[Cd].[In].[Pb].[Sn]. The van der Waals surface area contributed by atoms with Crippen LogP contribution in [-0.4, -0.2) is 103 Å². The van der Waals surface area contributed by atoms with Crippen molar-refractivity contribution in [3.63, 3.8) is 0 Å². The van der Waals surface area contributed by atoms with Gasteiger partial charge in [0.2, 0.25) is 0 Å². The molecule has 0 aromatic carbocycles. The first-order chi connectivity index (χ1) is 0. The summed E-state index contributed by atoms with van der Waals surface area (Å²) in [6.45, 7) is 0. The van der Waals surface area contributed by atoms with Gasteiger partial charge < -0.3 is 0 Å². The van der Waals surface area contributed by atoms with E-state index in [-0.39, 0.29) is 131 Å². The zero-order valence-electron chi connectivity index (χ0n) is 2.73. The van der Waals surface area contributed by atoms with E-state index < -0.39 is 0 Å². The fourth-order valence-corrected chi connectivity index (χ4v) is 0. The molecule has 0 aromatic heterocycles. The van der Waals surface area contributed by atoms with Crippen molar-refractivity contribution in [1.29, 1.82) is 0 Å². The van der Waals surface area contributed by atoms with Gasteiger partial charge in [0.05, 0.1) is 0 Å². The first kappa shape index (κ1) is 34.3. The minimum atomic E-state index is 0. The van der Waals surface area contributed by atoms with Gasteiger partial charge in [-0.3, -0.25) is 0 Å². The van der Waals surface area contributed by atoms with Crippen molar-refractivity contribution in [1.82, 2.24) is 0 Å². The Morgan fingerprint density at radius 3 is 1.00 bits per heavy atom. The van der Waals surface area contributed by atoms with Gasteiger partial charge in [-0.1, -0.05) is 0 Å². The maximum Gasteiger partial charge on any atom is 0 e. The van der Waals surface area contributed by atoms with E-state index >= 15 is 0 Å². The molecule has 0 saturated heterocycles. The fraction of sp³-hybridized carbons (Fsp3) is 0. The van der Waals surface area contributed by atoms with Gasteiger partial charge in [0.25, 0.3) is 0 Å². The van der Waals surface area contributed by atoms with Gasteiger partial charge in [0.15, 0.2) is 0 Å². The molecule has 0 rings (SSSR count). The molecule has 5 heavy (non-hydrogen) atoms. The second-order valence-corrected chi connectivity index (χ2v) is 0. The van der Waals surface area contributed by atoms with Crippen LogP contribution in [0.25, 0.3) is 0 Å². The largest absolute Gasteiger partial charge is 0 e. The van der Waals surface area contributed by atoms with E-state index in [9.17, 15) is 0 Å². The van der Waals surface area contributed by atoms with E-state index in [2.05, 4.69) is 0 Å². The van der Waals surface area contributed by atoms with Crippen molar-refractivity contribution in [3.8, 4) is 0 Å². The van der Waals surface area contributed by atoms with Crippen LogP contribution >= 0.6 is 0 Å². The second kappa shape index (κ2) is 23.8. The van der Waals surface area contributed by atoms with Gasteiger partial charge in [-0.15, -0.1) is 0 Å². The maximum atomic E-state index is 0. The summed E-state index contributed by atoms with van der Waals surface area (Å²) in [5, 5.41) is 0. The molecule has 0 bridgehead atoms. The van der Waals surface area contributed by atoms with Gasteiger partial charge >= 0.3 is 0 Å². The molecule has 0 spiro atoms. The van der Waals surface area contributed by atoms with Crippen LogP contribution < -0.4 is 0 Å². The summed E-state index contributed by atoms with van der Waals surface area (Å²) < 4.78 is 0. The summed E-state index contributed by atoms with van der Waals surface area (Å²) in [5.74, 6) is 0. The van der Waals surface area contributed by atoms with Crippen LogP contribution in [0.4, 0.5) is 0 Å². The van der Waals surface area contributed by atoms with Crippen LogP contribution in [0.5, 0.6) is 0 Å². The summed E-state index contributed by atoms with van der Waals surface area (Å²) in [4.78, 5) is 0. The summed E-state index contributed by atoms with van der Waals surface area (Å²) in [6.07, 6.45) is 0. The number of hydrogen-bond acceptors (Lipinski definition) is 0. The first-order valence-electron chi connectivity index (χ1n) is 0. The van der Waals surface area contributed by atoms with Crippen LogP contribution in [0, 0.1) is 0 Å². The molecule has 0 nitrogen and oxygen atoms in total. The van der Waals surface area contributed by atoms with Gasteiger partial charge in [0, 0.05) is 131 Å². The molecule has 0 aromatic rings. The van der Waals surface area contributed by atoms with Crippen molar-refractivity contribution in [3.05, 3.63) is 0 Å². The smallest absolute Gasteiger partial charge is 0 e. The first-order valence-corrected chi connectivity index (χ1v) is 0. The van der Waals surface area contributed by atoms with Crippen molar-refractivity contribution < 1.29 is 27.3 Å². The zero-order valence-corrected chi connectivity index (χ0v) is 20.3. The number of rotatable bonds is 0. The van der Waals surface area contributed by atoms with E-state index in [1.807, 2.05) is 0 Å². The Bertz CT molecular complexity index is 11.6. The summed E-state index contributed by atoms with van der Waals surface area (Å²) in [7, 11) is 0. The Kier molecular flexibility index (Phi) is 163. The van der Waals surface area contributed by atoms with Gasteiger partial charge in [-0.05, 0) is 0 Å². The van der Waals surface area contributed by atoms with E-state index in [1.165, 1.54) is 0 Å². The van der Waals surface area contributed by atoms with Crippen LogP contribution in [-0.2, 0) is 27.3 Å². The van der Waals surface area contributed by atoms with Gasteiger partial charge in [0.1, 0.15) is 0 Å². The fourth-order valence-electron chi connectivity index (χ4n) is 0. The standard InChI is InChI=1S/Bi.Cd.In.Pb.Sn. The predicted molar refractivity (Wildman–Crippen MR) is 23.0 cm³/mol. The monoisotopic (exact) mass is 766 g/mol. The van der Waals surface area contributed by atoms with Crippen molar-refractivity contribution in [2.75, 3.05) is 0 Å². The minimum absolute atomic E-state index is 0.